The summed E-state index contributed by atoms with van der Waals surface area (Å²) in [5.41, 5.74) is 1.66. The zero-order valence-corrected chi connectivity index (χ0v) is 15.5. The van der Waals surface area contributed by atoms with Crippen LogP contribution in [0.15, 0.2) is 53.0 Å². The van der Waals surface area contributed by atoms with Crippen molar-refractivity contribution >= 4 is 60.1 Å². The summed E-state index contributed by atoms with van der Waals surface area (Å²) >= 11 is 4.90. The van der Waals surface area contributed by atoms with E-state index in [2.05, 4.69) is 26.2 Å². The average molecular weight is 416 g/mol. The molecule has 1 aromatic heterocycles. The predicted molar refractivity (Wildman–Crippen MR) is 103 cm³/mol. The lowest BCUT2D eigenvalue weighted by Gasteiger charge is -2.18. The summed E-state index contributed by atoms with van der Waals surface area (Å²) in [7, 11) is 0. The van der Waals surface area contributed by atoms with Crippen LogP contribution in [0.5, 0.6) is 0 Å². The van der Waals surface area contributed by atoms with Crippen molar-refractivity contribution in [3.05, 3.63) is 53.0 Å². The molecule has 1 saturated heterocycles. The van der Waals surface area contributed by atoms with Crippen molar-refractivity contribution in [1.29, 1.82) is 0 Å². The molecular weight excluding hydrogens is 402 g/mol. The molecule has 25 heavy (non-hydrogen) atoms. The number of halogens is 1. The number of benzene rings is 2. The Morgan fingerprint density at radius 2 is 1.96 bits per heavy atom. The van der Waals surface area contributed by atoms with Crippen molar-refractivity contribution in [1.82, 2.24) is 4.98 Å². The minimum atomic E-state index is -0.383. The Bertz CT molecular complexity index is 939. The summed E-state index contributed by atoms with van der Waals surface area (Å²) in [5, 5.41) is 3.43. The molecule has 1 unspecified atom stereocenters. The van der Waals surface area contributed by atoms with E-state index in [1.807, 2.05) is 48.5 Å². The zero-order chi connectivity index (χ0) is 17.4. The summed E-state index contributed by atoms with van der Waals surface area (Å²) in [6, 6.07) is 15.3. The molecule has 2 amide bonds. The van der Waals surface area contributed by atoms with E-state index in [-0.39, 0.29) is 24.2 Å². The Kier molecular flexibility index (Phi) is 4.27. The van der Waals surface area contributed by atoms with Gasteiger partial charge in [0.25, 0.3) is 0 Å². The van der Waals surface area contributed by atoms with Crippen LogP contribution < -0.4 is 10.2 Å². The largest absolute Gasteiger partial charge is 0.310 e. The number of anilines is 2. The monoisotopic (exact) mass is 415 g/mol. The molecule has 7 heteroatoms. The number of carbonyl (C=O) groups is 2. The van der Waals surface area contributed by atoms with Crippen LogP contribution in [-0.4, -0.2) is 23.3 Å². The van der Waals surface area contributed by atoms with E-state index in [4.69, 9.17) is 0 Å². The maximum absolute atomic E-state index is 12.6. The van der Waals surface area contributed by atoms with Gasteiger partial charge in [-0.3, -0.25) is 9.59 Å². The maximum Gasteiger partial charge on any atom is 0.231 e. The van der Waals surface area contributed by atoms with Crippen molar-refractivity contribution in [3.8, 4) is 0 Å². The van der Waals surface area contributed by atoms with E-state index >= 15 is 0 Å². The van der Waals surface area contributed by atoms with Crippen LogP contribution in [0.1, 0.15) is 6.42 Å². The van der Waals surface area contributed by atoms with Gasteiger partial charge in [0.1, 0.15) is 0 Å². The third-order valence-electron chi connectivity index (χ3n) is 4.16. The number of carbonyl (C=O) groups excluding carboxylic acids is 2. The van der Waals surface area contributed by atoms with Gasteiger partial charge in [-0.05, 0) is 40.2 Å². The average Bonchev–Trinajstić information content (AvgIpc) is 3.18. The molecule has 1 atom stereocenters. The first-order valence-corrected chi connectivity index (χ1v) is 9.44. The van der Waals surface area contributed by atoms with E-state index in [1.165, 1.54) is 11.3 Å². The van der Waals surface area contributed by atoms with Gasteiger partial charge in [0.05, 0.1) is 21.8 Å². The van der Waals surface area contributed by atoms with Crippen LogP contribution in [0, 0.1) is 5.92 Å². The molecule has 5 nitrogen and oxygen atoms in total. The van der Waals surface area contributed by atoms with Gasteiger partial charge in [-0.15, -0.1) is 0 Å². The first kappa shape index (κ1) is 16.2. The van der Waals surface area contributed by atoms with Gasteiger partial charge >= 0.3 is 0 Å². The minimum absolute atomic E-state index is 0.0450. The Morgan fingerprint density at radius 3 is 2.76 bits per heavy atom. The first-order chi connectivity index (χ1) is 12.1. The van der Waals surface area contributed by atoms with Crippen molar-refractivity contribution in [3.63, 3.8) is 0 Å². The number of amides is 2. The number of thiazole rings is 1. The second-order valence-corrected chi connectivity index (χ2v) is 7.72. The van der Waals surface area contributed by atoms with Gasteiger partial charge in [-0.2, -0.15) is 0 Å². The Labute approximate surface area is 156 Å². The second kappa shape index (κ2) is 6.57. The molecule has 4 rings (SSSR count). The normalized spacial score (nSPS) is 17.2. The van der Waals surface area contributed by atoms with Crippen LogP contribution in [0.2, 0.25) is 0 Å². The highest BCUT2D eigenvalue weighted by Crippen LogP contribution is 2.32. The quantitative estimate of drug-likeness (QED) is 0.701. The van der Waals surface area contributed by atoms with Gasteiger partial charge in [-0.1, -0.05) is 35.6 Å². The first-order valence-electron chi connectivity index (χ1n) is 7.83. The number of nitrogens with zero attached hydrogens (tertiary/aromatic N) is 2. The van der Waals surface area contributed by atoms with Crippen LogP contribution >= 0.6 is 27.3 Å². The summed E-state index contributed by atoms with van der Waals surface area (Å²) < 4.78 is 1.87. The van der Waals surface area contributed by atoms with E-state index in [0.717, 1.165) is 20.4 Å². The molecule has 0 radical (unpaired) electrons. The highest BCUT2D eigenvalue weighted by molar-refractivity contribution is 9.10. The number of rotatable bonds is 3. The predicted octanol–water partition coefficient (Wildman–Crippen LogP) is 4.05. The third kappa shape index (κ3) is 3.17. The fourth-order valence-corrected chi connectivity index (χ4v) is 4.29. The van der Waals surface area contributed by atoms with E-state index in [1.54, 1.807) is 4.90 Å². The number of fused-ring (bicyclic) bond motifs is 1. The summed E-state index contributed by atoms with van der Waals surface area (Å²) in [5.74, 6) is -0.593. The van der Waals surface area contributed by atoms with E-state index in [9.17, 15) is 9.59 Å². The highest BCUT2D eigenvalue weighted by atomic mass is 79.9. The van der Waals surface area contributed by atoms with Crippen LogP contribution in [0.4, 0.5) is 10.8 Å². The molecule has 1 aliphatic heterocycles. The van der Waals surface area contributed by atoms with Gasteiger partial charge in [0.2, 0.25) is 11.8 Å². The Morgan fingerprint density at radius 1 is 1.20 bits per heavy atom. The number of hydrogen-bond acceptors (Lipinski definition) is 4. The lowest BCUT2D eigenvalue weighted by molar-refractivity contribution is -0.122. The van der Waals surface area contributed by atoms with Crippen molar-refractivity contribution < 1.29 is 9.59 Å². The van der Waals surface area contributed by atoms with Crippen molar-refractivity contribution in [2.75, 3.05) is 16.8 Å². The SMILES string of the molecule is O=C(Nc1nc2ccccc2s1)C1CC(=O)N(c2ccccc2Br)C1. The van der Waals surface area contributed by atoms with Crippen molar-refractivity contribution in [2.24, 2.45) is 5.92 Å². The lowest BCUT2D eigenvalue weighted by Crippen LogP contribution is -2.28. The molecule has 0 spiro atoms. The van der Waals surface area contributed by atoms with Crippen LogP contribution in [0.25, 0.3) is 10.2 Å². The standard InChI is InChI=1S/C18H14BrN3O2S/c19-12-5-1-3-7-14(12)22-10-11(9-16(22)23)17(24)21-18-20-13-6-2-4-8-15(13)25-18/h1-8,11H,9-10H2,(H,20,21,24). The molecule has 3 aromatic rings. The Hall–Kier alpha value is -2.25. The molecule has 2 aromatic carbocycles. The van der Waals surface area contributed by atoms with Gasteiger partial charge in [0.15, 0.2) is 5.13 Å². The molecule has 1 N–H and O–H groups in total. The number of aromatic nitrogens is 1. The topological polar surface area (TPSA) is 62.3 Å². The van der Waals surface area contributed by atoms with E-state index in [0.29, 0.717) is 11.7 Å². The van der Waals surface area contributed by atoms with Gasteiger partial charge in [0, 0.05) is 17.4 Å². The number of hydrogen-bond donors (Lipinski definition) is 1. The van der Waals surface area contributed by atoms with Gasteiger partial charge < -0.3 is 10.2 Å². The maximum atomic E-state index is 12.6. The highest BCUT2D eigenvalue weighted by Gasteiger charge is 2.36. The number of para-hydroxylation sites is 2. The fourth-order valence-electron chi connectivity index (χ4n) is 2.92. The molecule has 0 bridgehead atoms. The van der Waals surface area contributed by atoms with Crippen LogP contribution in [-0.2, 0) is 9.59 Å². The molecule has 2 heterocycles. The zero-order valence-electron chi connectivity index (χ0n) is 13.1. The fraction of sp³-hybridized carbons (Fsp3) is 0.167. The van der Waals surface area contributed by atoms with Crippen LogP contribution in [0.3, 0.4) is 0 Å². The Balaban J connectivity index is 1.50. The molecular formula is C18H14BrN3O2S. The smallest absolute Gasteiger partial charge is 0.231 e. The minimum Gasteiger partial charge on any atom is -0.310 e. The van der Waals surface area contributed by atoms with E-state index < -0.39 is 0 Å². The summed E-state index contributed by atoms with van der Waals surface area (Å²) in [4.78, 5) is 31.0. The summed E-state index contributed by atoms with van der Waals surface area (Å²) in [6.45, 7) is 0.373. The van der Waals surface area contributed by atoms with Crippen molar-refractivity contribution in [2.45, 2.75) is 6.42 Å². The molecule has 1 fully saturated rings. The van der Waals surface area contributed by atoms with Gasteiger partial charge in [-0.25, -0.2) is 4.98 Å². The molecule has 1 aliphatic rings. The second-order valence-electron chi connectivity index (χ2n) is 5.83. The number of nitrogens with one attached hydrogen (secondary N) is 1. The molecule has 0 saturated carbocycles. The molecule has 0 aliphatic carbocycles. The third-order valence-corrected chi connectivity index (χ3v) is 5.79. The summed E-state index contributed by atoms with van der Waals surface area (Å²) in [6.07, 6.45) is 0.206. The molecule has 126 valence electrons. The lowest BCUT2D eigenvalue weighted by atomic mass is 10.1.